The average molecular weight is 325 g/mol. The summed E-state index contributed by atoms with van der Waals surface area (Å²) in [4.78, 5) is 12.1. The van der Waals surface area contributed by atoms with Gasteiger partial charge in [0, 0.05) is 11.1 Å². The van der Waals surface area contributed by atoms with Crippen LogP contribution in [0.3, 0.4) is 0 Å². The number of methoxy groups -OCH3 is 3. The van der Waals surface area contributed by atoms with Gasteiger partial charge in [-0.05, 0) is 42.5 Å². The second kappa shape index (κ2) is 8.49. The maximum Gasteiger partial charge on any atom is 0.252 e. The predicted molar refractivity (Wildman–Crippen MR) is 91.8 cm³/mol. The SMILES string of the molecule is COc1ccc(C#CCNC(=O)c2ccc(OC)c(OC)c2)cc1. The lowest BCUT2D eigenvalue weighted by Gasteiger charge is -2.09. The van der Waals surface area contributed by atoms with E-state index in [0.29, 0.717) is 17.1 Å². The normalized spacial score (nSPS) is 9.46. The molecule has 0 saturated heterocycles. The van der Waals surface area contributed by atoms with Crippen molar-refractivity contribution in [3.8, 4) is 29.1 Å². The van der Waals surface area contributed by atoms with Gasteiger partial charge in [-0.3, -0.25) is 4.79 Å². The van der Waals surface area contributed by atoms with E-state index < -0.39 is 0 Å². The van der Waals surface area contributed by atoms with Crippen LogP contribution in [0.4, 0.5) is 0 Å². The second-order valence-electron chi connectivity index (χ2n) is 4.78. The van der Waals surface area contributed by atoms with Crippen molar-refractivity contribution in [1.82, 2.24) is 5.32 Å². The molecule has 2 rings (SSSR count). The molecule has 1 amide bonds. The molecule has 0 aliphatic carbocycles. The lowest BCUT2D eigenvalue weighted by atomic mass is 10.2. The summed E-state index contributed by atoms with van der Waals surface area (Å²) >= 11 is 0. The summed E-state index contributed by atoms with van der Waals surface area (Å²) in [7, 11) is 4.69. The molecule has 2 aromatic rings. The van der Waals surface area contributed by atoms with Crippen LogP contribution in [0.5, 0.6) is 17.2 Å². The van der Waals surface area contributed by atoms with Crippen LogP contribution in [0, 0.1) is 11.8 Å². The van der Waals surface area contributed by atoms with Crippen molar-refractivity contribution >= 4 is 5.91 Å². The van der Waals surface area contributed by atoms with Crippen LogP contribution in [0.1, 0.15) is 15.9 Å². The molecular weight excluding hydrogens is 306 g/mol. The minimum atomic E-state index is -0.222. The first kappa shape index (κ1) is 17.2. The summed E-state index contributed by atoms with van der Waals surface area (Å²) in [5, 5.41) is 2.75. The Morgan fingerprint density at radius 2 is 1.67 bits per heavy atom. The highest BCUT2D eigenvalue weighted by Crippen LogP contribution is 2.27. The minimum Gasteiger partial charge on any atom is -0.497 e. The van der Waals surface area contributed by atoms with Crippen LogP contribution >= 0.6 is 0 Å². The van der Waals surface area contributed by atoms with Crippen LogP contribution in [-0.2, 0) is 0 Å². The summed E-state index contributed by atoms with van der Waals surface area (Å²) < 4.78 is 15.4. The van der Waals surface area contributed by atoms with Gasteiger partial charge in [-0.15, -0.1) is 0 Å². The molecule has 0 spiro atoms. The maximum absolute atomic E-state index is 12.1. The monoisotopic (exact) mass is 325 g/mol. The second-order valence-corrected chi connectivity index (χ2v) is 4.78. The third kappa shape index (κ3) is 4.43. The van der Waals surface area contributed by atoms with Crippen LogP contribution < -0.4 is 19.5 Å². The molecule has 0 aliphatic rings. The molecule has 124 valence electrons. The van der Waals surface area contributed by atoms with Gasteiger partial charge in [-0.25, -0.2) is 0 Å². The third-order valence-corrected chi connectivity index (χ3v) is 3.31. The van der Waals surface area contributed by atoms with Crippen LogP contribution in [0.2, 0.25) is 0 Å². The van der Waals surface area contributed by atoms with Gasteiger partial charge in [0.25, 0.3) is 5.91 Å². The summed E-state index contributed by atoms with van der Waals surface area (Å²) in [6, 6.07) is 12.4. The van der Waals surface area contributed by atoms with Crippen LogP contribution in [-0.4, -0.2) is 33.8 Å². The quantitative estimate of drug-likeness (QED) is 0.858. The molecule has 0 saturated carbocycles. The molecule has 0 heterocycles. The van der Waals surface area contributed by atoms with Gasteiger partial charge in [0.15, 0.2) is 11.5 Å². The number of carbonyl (C=O) groups is 1. The fourth-order valence-corrected chi connectivity index (χ4v) is 2.02. The van der Waals surface area contributed by atoms with Crippen LogP contribution in [0.15, 0.2) is 42.5 Å². The van der Waals surface area contributed by atoms with Gasteiger partial charge in [-0.1, -0.05) is 11.8 Å². The number of rotatable bonds is 5. The molecule has 5 nitrogen and oxygen atoms in total. The molecule has 0 unspecified atom stereocenters. The van der Waals surface area contributed by atoms with Gasteiger partial charge >= 0.3 is 0 Å². The van der Waals surface area contributed by atoms with Crippen molar-refractivity contribution < 1.29 is 19.0 Å². The molecule has 0 aliphatic heterocycles. The van der Waals surface area contributed by atoms with Gasteiger partial charge in [0.05, 0.1) is 27.9 Å². The average Bonchev–Trinajstić information content (AvgIpc) is 2.64. The number of nitrogens with one attached hydrogen (secondary N) is 1. The van der Waals surface area contributed by atoms with Crippen molar-refractivity contribution in [2.24, 2.45) is 0 Å². The van der Waals surface area contributed by atoms with Crippen molar-refractivity contribution in [3.05, 3.63) is 53.6 Å². The summed E-state index contributed by atoms with van der Waals surface area (Å²) in [5.74, 6) is 7.53. The Hall–Kier alpha value is -3.13. The Balaban J connectivity index is 1.95. The highest BCUT2D eigenvalue weighted by Gasteiger charge is 2.09. The predicted octanol–water partition coefficient (Wildman–Crippen LogP) is 2.49. The van der Waals surface area contributed by atoms with Gasteiger partial charge in [0.2, 0.25) is 0 Å². The number of benzene rings is 2. The zero-order chi connectivity index (χ0) is 17.4. The molecule has 1 N–H and O–H groups in total. The van der Waals surface area contributed by atoms with Crippen molar-refractivity contribution in [3.63, 3.8) is 0 Å². The summed E-state index contributed by atoms with van der Waals surface area (Å²) in [5.41, 5.74) is 1.34. The first-order chi connectivity index (χ1) is 11.7. The first-order valence-corrected chi connectivity index (χ1v) is 7.31. The van der Waals surface area contributed by atoms with Crippen molar-refractivity contribution in [2.75, 3.05) is 27.9 Å². The Morgan fingerprint density at radius 1 is 0.958 bits per heavy atom. The van der Waals surface area contributed by atoms with Crippen LogP contribution in [0.25, 0.3) is 0 Å². The Labute approximate surface area is 141 Å². The molecule has 0 radical (unpaired) electrons. The van der Waals surface area contributed by atoms with E-state index in [1.54, 1.807) is 32.4 Å². The highest BCUT2D eigenvalue weighted by molar-refractivity contribution is 5.95. The molecule has 0 atom stereocenters. The molecule has 0 aromatic heterocycles. The van der Waals surface area contributed by atoms with E-state index in [1.807, 2.05) is 24.3 Å². The number of ether oxygens (including phenoxy) is 3. The largest absolute Gasteiger partial charge is 0.497 e. The molecule has 5 heteroatoms. The molecule has 24 heavy (non-hydrogen) atoms. The van der Waals surface area contributed by atoms with E-state index in [1.165, 1.54) is 7.11 Å². The van der Waals surface area contributed by atoms with E-state index in [0.717, 1.165) is 11.3 Å². The smallest absolute Gasteiger partial charge is 0.252 e. The minimum absolute atomic E-state index is 0.222. The van der Waals surface area contributed by atoms with E-state index in [-0.39, 0.29) is 12.5 Å². The Bertz CT molecular complexity index is 757. The number of carbonyl (C=O) groups excluding carboxylic acids is 1. The standard InChI is InChI=1S/C19H19NO4/c1-22-16-9-6-14(7-10-16)5-4-12-20-19(21)15-8-11-17(23-2)18(13-15)24-3/h6-11,13H,12H2,1-3H3,(H,20,21). The summed E-state index contributed by atoms with van der Waals surface area (Å²) in [6.07, 6.45) is 0. The van der Waals surface area contributed by atoms with Crippen molar-refractivity contribution in [2.45, 2.75) is 0 Å². The Morgan fingerprint density at radius 3 is 2.29 bits per heavy atom. The zero-order valence-electron chi connectivity index (χ0n) is 13.9. The highest BCUT2D eigenvalue weighted by atomic mass is 16.5. The van der Waals surface area contributed by atoms with Gasteiger partial charge in [-0.2, -0.15) is 0 Å². The Kier molecular flexibility index (Phi) is 6.09. The van der Waals surface area contributed by atoms with E-state index in [2.05, 4.69) is 17.2 Å². The molecule has 2 aromatic carbocycles. The molecular formula is C19H19NO4. The van der Waals surface area contributed by atoms with E-state index >= 15 is 0 Å². The number of hydrogen-bond acceptors (Lipinski definition) is 4. The third-order valence-electron chi connectivity index (χ3n) is 3.31. The molecule has 0 fully saturated rings. The fraction of sp³-hybridized carbons (Fsp3) is 0.211. The zero-order valence-corrected chi connectivity index (χ0v) is 13.9. The lowest BCUT2D eigenvalue weighted by molar-refractivity contribution is 0.0958. The van der Waals surface area contributed by atoms with Gasteiger partial charge < -0.3 is 19.5 Å². The number of amides is 1. The van der Waals surface area contributed by atoms with E-state index in [9.17, 15) is 4.79 Å². The summed E-state index contributed by atoms with van der Waals surface area (Å²) in [6.45, 7) is 0.249. The van der Waals surface area contributed by atoms with Gasteiger partial charge in [0.1, 0.15) is 5.75 Å². The maximum atomic E-state index is 12.1. The number of hydrogen-bond donors (Lipinski definition) is 1. The topological polar surface area (TPSA) is 56.8 Å². The lowest BCUT2D eigenvalue weighted by Crippen LogP contribution is -2.23. The first-order valence-electron chi connectivity index (χ1n) is 7.31. The van der Waals surface area contributed by atoms with E-state index in [4.69, 9.17) is 14.2 Å². The molecule has 0 bridgehead atoms. The fourth-order valence-electron chi connectivity index (χ4n) is 2.02. The van der Waals surface area contributed by atoms with Crippen molar-refractivity contribution in [1.29, 1.82) is 0 Å².